The summed E-state index contributed by atoms with van der Waals surface area (Å²) in [5.74, 6) is 0.292. The first-order valence-corrected chi connectivity index (χ1v) is 10.7. The number of allylic oxidation sites excluding steroid dienone is 2. The van der Waals surface area contributed by atoms with Gasteiger partial charge in [0.15, 0.2) is 0 Å². The Bertz CT molecular complexity index is 802. The van der Waals surface area contributed by atoms with E-state index in [9.17, 15) is 28.2 Å². The molecule has 0 bridgehead atoms. The van der Waals surface area contributed by atoms with Crippen LogP contribution in [0.5, 0.6) is 5.75 Å². The highest BCUT2D eigenvalue weighted by atomic mass is 19.4. The maximum atomic E-state index is 12.8. The van der Waals surface area contributed by atoms with E-state index in [0.717, 1.165) is 31.4 Å². The van der Waals surface area contributed by atoms with E-state index in [1.54, 1.807) is 6.08 Å². The fourth-order valence-corrected chi connectivity index (χ4v) is 4.54. The van der Waals surface area contributed by atoms with Gasteiger partial charge in [0.05, 0.1) is 11.7 Å². The van der Waals surface area contributed by atoms with Gasteiger partial charge in [0.1, 0.15) is 24.2 Å². The van der Waals surface area contributed by atoms with Gasteiger partial charge in [-0.05, 0) is 55.7 Å². The van der Waals surface area contributed by atoms with Crippen molar-refractivity contribution >= 4 is 5.78 Å². The van der Waals surface area contributed by atoms with Crippen molar-refractivity contribution in [3.8, 4) is 5.75 Å². The van der Waals surface area contributed by atoms with Crippen LogP contribution in [0.25, 0.3) is 0 Å². The number of Topliss-reactive ketones (excluding diaryl/α,β-unsaturated/α-hetero) is 1. The molecule has 0 amide bonds. The molecule has 1 aromatic rings. The standard InChI is InChI=1S/C24H29F3O4/c25-24(26,27)17-6-5-8-20(14-17)31-15-19(29)10-11-22-21-9-4-2-1-3-7-18(28)12-16(21)13-23(22)30/h2,4-6,8,10-11,14,16,19,21-23,29-30H,1,3,7,9,12-13,15H2/b4-2-,11-10+/t16-,19+,21-,22+,23+/m0/s1. The molecule has 0 spiro atoms. The van der Waals surface area contributed by atoms with Crippen LogP contribution in [-0.2, 0) is 11.0 Å². The van der Waals surface area contributed by atoms with Gasteiger partial charge in [-0.25, -0.2) is 0 Å². The number of hydrogen-bond donors (Lipinski definition) is 2. The number of fused-ring (bicyclic) bond motifs is 1. The number of ketones is 1. The third-order valence-corrected chi connectivity index (χ3v) is 6.12. The summed E-state index contributed by atoms with van der Waals surface area (Å²) >= 11 is 0. The Morgan fingerprint density at radius 2 is 2.06 bits per heavy atom. The van der Waals surface area contributed by atoms with Gasteiger partial charge in [-0.15, -0.1) is 0 Å². The smallest absolute Gasteiger partial charge is 0.416 e. The molecule has 4 nitrogen and oxygen atoms in total. The molecular formula is C24H29F3O4. The van der Waals surface area contributed by atoms with E-state index >= 15 is 0 Å². The molecule has 5 atom stereocenters. The van der Waals surface area contributed by atoms with Crippen molar-refractivity contribution in [1.82, 2.24) is 0 Å². The summed E-state index contributed by atoms with van der Waals surface area (Å²) in [5, 5.41) is 20.8. The number of benzene rings is 1. The summed E-state index contributed by atoms with van der Waals surface area (Å²) < 4.78 is 43.7. The summed E-state index contributed by atoms with van der Waals surface area (Å²) in [6, 6.07) is 4.51. The largest absolute Gasteiger partial charge is 0.491 e. The van der Waals surface area contributed by atoms with Crippen molar-refractivity contribution in [3.05, 3.63) is 54.1 Å². The Hall–Kier alpha value is -2.12. The lowest BCUT2D eigenvalue weighted by molar-refractivity contribution is -0.137. The summed E-state index contributed by atoms with van der Waals surface area (Å²) in [4.78, 5) is 12.2. The number of aliphatic hydroxyl groups is 2. The lowest BCUT2D eigenvalue weighted by Crippen LogP contribution is -2.21. The maximum Gasteiger partial charge on any atom is 0.416 e. The highest BCUT2D eigenvalue weighted by Gasteiger charge is 2.41. The number of hydrogen-bond acceptors (Lipinski definition) is 4. The fraction of sp³-hybridized carbons (Fsp3) is 0.542. The van der Waals surface area contributed by atoms with E-state index in [1.165, 1.54) is 18.2 Å². The minimum absolute atomic E-state index is 0.0271. The quantitative estimate of drug-likeness (QED) is 0.654. The van der Waals surface area contributed by atoms with Crippen LogP contribution < -0.4 is 4.74 Å². The number of ether oxygens (including phenoxy) is 1. The van der Waals surface area contributed by atoms with Crippen molar-refractivity contribution in [2.24, 2.45) is 17.8 Å². The van der Waals surface area contributed by atoms with Gasteiger partial charge in [-0.3, -0.25) is 4.79 Å². The molecular weight excluding hydrogens is 409 g/mol. The third kappa shape index (κ3) is 6.68. The Morgan fingerprint density at radius 3 is 2.84 bits per heavy atom. The number of carbonyl (C=O) groups is 1. The van der Waals surface area contributed by atoms with Gasteiger partial charge in [0, 0.05) is 18.8 Å². The first-order chi connectivity index (χ1) is 14.7. The van der Waals surface area contributed by atoms with Crippen LogP contribution in [0, 0.1) is 17.8 Å². The molecule has 2 aliphatic carbocycles. The number of aliphatic hydroxyl groups excluding tert-OH is 2. The van der Waals surface area contributed by atoms with E-state index in [1.807, 2.05) is 0 Å². The number of halogens is 3. The highest BCUT2D eigenvalue weighted by molar-refractivity contribution is 5.78. The van der Waals surface area contributed by atoms with Gasteiger partial charge >= 0.3 is 6.18 Å². The number of alkyl halides is 3. The van der Waals surface area contributed by atoms with Crippen molar-refractivity contribution < 1.29 is 32.9 Å². The second-order valence-electron chi connectivity index (χ2n) is 8.44. The third-order valence-electron chi connectivity index (χ3n) is 6.12. The molecule has 3 rings (SSSR count). The van der Waals surface area contributed by atoms with Crippen LogP contribution >= 0.6 is 0 Å². The van der Waals surface area contributed by atoms with E-state index in [0.29, 0.717) is 19.3 Å². The normalized spacial score (nSPS) is 29.5. The van der Waals surface area contributed by atoms with E-state index in [2.05, 4.69) is 12.2 Å². The maximum absolute atomic E-state index is 12.8. The summed E-state index contributed by atoms with van der Waals surface area (Å²) in [6.45, 7) is -0.201. The van der Waals surface area contributed by atoms with Crippen molar-refractivity contribution in [1.29, 1.82) is 0 Å². The second kappa shape index (κ2) is 10.5. The van der Waals surface area contributed by atoms with Gasteiger partial charge in [0.2, 0.25) is 0 Å². The zero-order chi connectivity index (χ0) is 22.4. The lowest BCUT2D eigenvalue weighted by Gasteiger charge is -2.23. The van der Waals surface area contributed by atoms with Crippen LogP contribution in [0.15, 0.2) is 48.6 Å². The Morgan fingerprint density at radius 1 is 1.26 bits per heavy atom. The van der Waals surface area contributed by atoms with E-state index < -0.39 is 23.9 Å². The minimum Gasteiger partial charge on any atom is -0.491 e. The Labute approximate surface area is 180 Å². The summed E-state index contributed by atoms with van der Waals surface area (Å²) in [7, 11) is 0. The molecule has 1 aromatic carbocycles. The molecule has 2 aliphatic rings. The molecule has 7 heteroatoms. The molecule has 0 saturated heterocycles. The topological polar surface area (TPSA) is 66.8 Å². The van der Waals surface area contributed by atoms with E-state index in [4.69, 9.17) is 4.74 Å². The zero-order valence-corrected chi connectivity index (χ0v) is 17.3. The van der Waals surface area contributed by atoms with Crippen LogP contribution in [0.1, 0.15) is 44.1 Å². The molecule has 1 saturated carbocycles. The molecule has 31 heavy (non-hydrogen) atoms. The van der Waals surface area contributed by atoms with Gasteiger partial charge < -0.3 is 14.9 Å². The zero-order valence-electron chi connectivity index (χ0n) is 17.3. The summed E-state index contributed by atoms with van der Waals surface area (Å²) in [6.07, 6.45) is 5.48. The van der Waals surface area contributed by atoms with Crippen LogP contribution in [0.2, 0.25) is 0 Å². The number of rotatable bonds is 5. The van der Waals surface area contributed by atoms with Gasteiger partial charge in [-0.1, -0.05) is 30.4 Å². The molecule has 170 valence electrons. The highest BCUT2D eigenvalue weighted by Crippen LogP contribution is 2.43. The molecule has 1 fully saturated rings. The predicted molar refractivity (Wildman–Crippen MR) is 110 cm³/mol. The molecule has 0 aliphatic heterocycles. The van der Waals surface area contributed by atoms with Crippen molar-refractivity contribution in [2.75, 3.05) is 6.61 Å². The summed E-state index contributed by atoms with van der Waals surface area (Å²) in [5.41, 5.74) is -0.811. The number of carbonyl (C=O) groups excluding carboxylic acids is 1. The van der Waals surface area contributed by atoms with Crippen LogP contribution in [-0.4, -0.2) is 34.8 Å². The molecule has 0 radical (unpaired) electrons. The van der Waals surface area contributed by atoms with Crippen LogP contribution in [0.4, 0.5) is 13.2 Å². The van der Waals surface area contributed by atoms with Crippen molar-refractivity contribution in [3.63, 3.8) is 0 Å². The first-order valence-electron chi connectivity index (χ1n) is 10.7. The SMILES string of the molecule is O=C1CCC/C=C\C[C@H]2[C@@H](C1)C[C@@H](O)[C@@H]2/C=C/[C@@H](O)COc1cccc(C(F)(F)F)c1. The first kappa shape index (κ1) is 23.5. The van der Waals surface area contributed by atoms with E-state index in [-0.39, 0.29) is 35.9 Å². The molecule has 0 heterocycles. The minimum atomic E-state index is -4.46. The van der Waals surface area contributed by atoms with Crippen LogP contribution in [0.3, 0.4) is 0 Å². The van der Waals surface area contributed by atoms with Gasteiger partial charge in [-0.2, -0.15) is 13.2 Å². The molecule has 0 aromatic heterocycles. The van der Waals surface area contributed by atoms with Gasteiger partial charge in [0.25, 0.3) is 0 Å². The average molecular weight is 438 g/mol. The second-order valence-corrected chi connectivity index (χ2v) is 8.44. The predicted octanol–water partition coefficient (Wildman–Crippen LogP) is 4.70. The molecule has 0 unspecified atom stereocenters. The molecule has 2 N–H and O–H groups in total. The van der Waals surface area contributed by atoms with Crippen molar-refractivity contribution in [2.45, 2.75) is 56.9 Å². The lowest BCUT2D eigenvalue weighted by atomic mass is 9.82. The monoisotopic (exact) mass is 438 g/mol. The Balaban J connectivity index is 1.60. The average Bonchev–Trinajstić information content (AvgIpc) is 3.01. The fourth-order valence-electron chi connectivity index (χ4n) is 4.54. The Kier molecular flexibility index (Phi) is 7.94.